The van der Waals surface area contributed by atoms with Gasteiger partial charge in [-0.25, -0.2) is 0 Å². The first-order valence-corrected chi connectivity index (χ1v) is 9.35. The molecule has 0 fully saturated rings. The van der Waals surface area contributed by atoms with Crippen molar-refractivity contribution in [3.05, 3.63) is 71.8 Å². The number of nitrogens with one attached hydrogen (secondary N) is 2. The van der Waals surface area contributed by atoms with Crippen molar-refractivity contribution < 1.29 is 9.59 Å². The summed E-state index contributed by atoms with van der Waals surface area (Å²) >= 11 is 5.84. The number of benzene rings is 3. The number of anilines is 2. The minimum Gasteiger partial charge on any atom is -0.325 e. The Kier molecular flexibility index (Phi) is 6.29. The fourth-order valence-corrected chi connectivity index (χ4v) is 2.94. The van der Waals surface area contributed by atoms with Crippen LogP contribution in [0.1, 0.15) is 6.92 Å². The molecule has 0 saturated heterocycles. The monoisotopic (exact) mass is 395 g/mol. The molecule has 28 heavy (non-hydrogen) atoms. The van der Waals surface area contributed by atoms with Crippen molar-refractivity contribution >= 4 is 45.6 Å². The van der Waals surface area contributed by atoms with E-state index in [-0.39, 0.29) is 18.4 Å². The Labute approximate surface area is 169 Å². The first-order valence-electron chi connectivity index (χ1n) is 8.98. The molecule has 1 atom stereocenters. The number of likely N-dealkylation sites (N-methyl/N-ethyl adjacent to an activating group) is 1. The van der Waals surface area contributed by atoms with Crippen LogP contribution < -0.4 is 10.6 Å². The largest absolute Gasteiger partial charge is 0.325 e. The van der Waals surface area contributed by atoms with Crippen molar-refractivity contribution in [2.75, 3.05) is 24.2 Å². The summed E-state index contributed by atoms with van der Waals surface area (Å²) in [5.74, 6) is -0.368. The number of halogens is 1. The Morgan fingerprint density at radius 3 is 2.29 bits per heavy atom. The molecule has 0 heterocycles. The summed E-state index contributed by atoms with van der Waals surface area (Å²) in [5.41, 5.74) is 1.39. The van der Waals surface area contributed by atoms with E-state index in [0.717, 1.165) is 16.5 Å². The molecule has 0 aliphatic heterocycles. The van der Waals surface area contributed by atoms with E-state index < -0.39 is 6.04 Å². The van der Waals surface area contributed by atoms with Crippen LogP contribution in [0.2, 0.25) is 5.02 Å². The van der Waals surface area contributed by atoms with Gasteiger partial charge in [0.2, 0.25) is 11.8 Å². The van der Waals surface area contributed by atoms with E-state index >= 15 is 0 Å². The van der Waals surface area contributed by atoms with E-state index in [1.54, 1.807) is 43.1 Å². The standard InChI is InChI=1S/C22H22ClN3O2/c1-15(26(2)14-21(27)24-19-11-8-18(23)9-12-19)22(28)25-20-10-7-16-5-3-4-6-17(16)13-20/h3-13,15H,14H2,1-2H3,(H,24,27)(H,25,28). The van der Waals surface area contributed by atoms with Crippen LogP contribution in [0.25, 0.3) is 10.8 Å². The Morgan fingerprint density at radius 1 is 0.929 bits per heavy atom. The molecular formula is C22H22ClN3O2. The summed E-state index contributed by atoms with van der Waals surface area (Å²) in [4.78, 5) is 26.5. The fourth-order valence-electron chi connectivity index (χ4n) is 2.81. The SMILES string of the molecule is CC(C(=O)Nc1ccc2ccccc2c1)N(C)CC(=O)Nc1ccc(Cl)cc1. The molecule has 144 valence electrons. The Hall–Kier alpha value is -2.89. The van der Waals surface area contributed by atoms with Crippen molar-refractivity contribution in [2.24, 2.45) is 0 Å². The lowest BCUT2D eigenvalue weighted by atomic mass is 10.1. The summed E-state index contributed by atoms with van der Waals surface area (Å²) < 4.78 is 0. The van der Waals surface area contributed by atoms with Crippen LogP contribution in [-0.2, 0) is 9.59 Å². The van der Waals surface area contributed by atoms with Crippen LogP contribution in [0.15, 0.2) is 66.7 Å². The Bertz CT molecular complexity index is 988. The molecule has 3 aromatic carbocycles. The zero-order valence-electron chi connectivity index (χ0n) is 15.8. The average molecular weight is 396 g/mol. The highest BCUT2D eigenvalue weighted by atomic mass is 35.5. The van der Waals surface area contributed by atoms with Gasteiger partial charge in [-0.1, -0.05) is 41.9 Å². The average Bonchev–Trinajstić information content (AvgIpc) is 2.69. The number of carbonyl (C=O) groups excluding carboxylic acids is 2. The van der Waals surface area contributed by atoms with Crippen LogP contribution in [-0.4, -0.2) is 36.3 Å². The van der Waals surface area contributed by atoms with Crippen LogP contribution in [0, 0.1) is 0 Å². The summed E-state index contributed by atoms with van der Waals surface area (Å²) in [6.07, 6.45) is 0. The zero-order valence-corrected chi connectivity index (χ0v) is 16.5. The second-order valence-corrected chi connectivity index (χ2v) is 7.13. The molecule has 0 saturated carbocycles. The third-order valence-corrected chi connectivity index (χ3v) is 4.83. The normalized spacial score (nSPS) is 12.0. The van der Waals surface area contributed by atoms with Gasteiger partial charge in [0.1, 0.15) is 0 Å². The lowest BCUT2D eigenvalue weighted by Crippen LogP contribution is -2.43. The maximum atomic E-state index is 12.6. The highest BCUT2D eigenvalue weighted by Crippen LogP contribution is 2.19. The highest BCUT2D eigenvalue weighted by molar-refractivity contribution is 6.30. The van der Waals surface area contributed by atoms with Crippen molar-refractivity contribution in [3.63, 3.8) is 0 Å². The van der Waals surface area contributed by atoms with Gasteiger partial charge in [-0.3, -0.25) is 14.5 Å². The number of rotatable bonds is 6. The number of amides is 2. The van der Waals surface area contributed by atoms with Gasteiger partial charge in [0, 0.05) is 16.4 Å². The predicted octanol–water partition coefficient (Wildman–Crippen LogP) is 4.39. The van der Waals surface area contributed by atoms with Crippen molar-refractivity contribution in [2.45, 2.75) is 13.0 Å². The van der Waals surface area contributed by atoms with Crippen LogP contribution in [0.3, 0.4) is 0 Å². The van der Waals surface area contributed by atoms with Gasteiger partial charge in [-0.05, 0) is 61.1 Å². The molecule has 6 heteroatoms. The first-order chi connectivity index (χ1) is 13.4. The van der Waals surface area contributed by atoms with Gasteiger partial charge in [0.15, 0.2) is 0 Å². The van der Waals surface area contributed by atoms with E-state index in [2.05, 4.69) is 10.6 Å². The summed E-state index contributed by atoms with van der Waals surface area (Å²) in [6.45, 7) is 1.86. The molecule has 2 N–H and O–H groups in total. The molecule has 3 aromatic rings. The summed E-state index contributed by atoms with van der Waals surface area (Å²) in [5, 5.41) is 8.49. The van der Waals surface area contributed by atoms with Crippen molar-refractivity contribution in [1.82, 2.24) is 4.90 Å². The topological polar surface area (TPSA) is 61.4 Å². The van der Waals surface area contributed by atoms with E-state index in [9.17, 15) is 9.59 Å². The van der Waals surface area contributed by atoms with E-state index in [4.69, 9.17) is 11.6 Å². The number of nitrogens with zero attached hydrogens (tertiary/aromatic N) is 1. The third kappa shape index (κ3) is 5.09. The molecule has 0 aliphatic rings. The first kappa shape index (κ1) is 19.9. The second-order valence-electron chi connectivity index (χ2n) is 6.70. The maximum Gasteiger partial charge on any atom is 0.241 e. The van der Waals surface area contributed by atoms with Gasteiger partial charge in [-0.15, -0.1) is 0 Å². The lowest BCUT2D eigenvalue weighted by Gasteiger charge is -2.23. The fraction of sp³-hybridized carbons (Fsp3) is 0.182. The lowest BCUT2D eigenvalue weighted by molar-refractivity contribution is -0.122. The minimum atomic E-state index is -0.470. The molecular weight excluding hydrogens is 374 g/mol. The molecule has 5 nitrogen and oxygen atoms in total. The van der Waals surface area contributed by atoms with E-state index in [1.165, 1.54) is 0 Å². The second kappa shape index (κ2) is 8.87. The highest BCUT2D eigenvalue weighted by Gasteiger charge is 2.20. The molecule has 0 bridgehead atoms. The van der Waals surface area contributed by atoms with Crippen molar-refractivity contribution in [1.29, 1.82) is 0 Å². The van der Waals surface area contributed by atoms with Gasteiger partial charge < -0.3 is 10.6 Å². The predicted molar refractivity (Wildman–Crippen MR) is 115 cm³/mol. The maximum absolute atomic E-state index is 12.6. The summed E-state index contributed by atoms with van der Waals surface area (Å²) in [7, 11) is 1.74. The molecule has 0 aromatic heterocycles. The Morgan fingerprint density at radius 2 is 1.57 bits per heavy atom. The molecule has 0 spiro atoms. The number of hydrogen-bond acceptors (Lipinski definition) is 3. The Balaban J connectivity index is 1.56. The quantitative estimate of drug-likeness (QED) is 0.650. The molecule has 3 rings (SSSR count). The smallest absolute Gasteiger partial charge is 0.241 e. The van der Waals surface area contributed by atoms with Crippen molar-refractivity contribution in [3.8, 4) is 0 Å². The van der Waals surface area contributed by atoms with Gasteiger partial charge in [-0.2, -0.15) is 0 Å². The van der Waals surface area contributed by atoms with E-state index in [1.807, 2.05) is 42.5 Å². The number of carbonyl (C=O) groups is 2. The van der Waals surface area contributed by atoms with Gasteiger partial charge >= 0.3 is 0 Å². The molecule has 0 radical (unpaired) electrons. The van der Waals surface area contributed by atoms with Gasteiger partial charge in [0.05, 0.1) is 12.6 Å². The van der Waals surface area contributed by atoms with Crippen LogP contribution in [0.5, 0.6) is 0 Å². The van der Waals surface area contributed by atoms with Crippen LogP contribution in [0.4, 0.5) is 11.4 Å². The molecule has 1 unspecified atom stereocenters. The third-order valence-electron chi connectivity index (χ3n) is 4.58. The zero-order chi connectivity index (χ0) is 20.1. The number of fused-ring (bicyclic) bond motifs is 1. The molecule has 0 aliphatic carbocycles. The number of hydrogen-bond donors (Lipinski definition) is 2. The minimum absolute atomic E-state index is 0.0922. The van der Waals surface area contributed by atoms with E-state index in [0.29, 0.717) is 10.7 Å². The summed E-state index contributed by atoms with van der Waals surface area (Å²) in [6, 6.07) is 20.2. The molecule has 2 amide bonds. The van der Waals surface area contributed by atoms with Crippen LogP contribution >= 0.6 is 11.6 Å². The van der Waals surface area contributed by atoms with Gasteiger partial charge in [0.25, 0.3) is 0 Å².